The molecule has 0 fully saturated rings. The Morgan fingerprint density at radius 1 is 1.50 bits per heavy atom. The number of nitriles is 1. The number of anilines is 1. The van der Waals surface area contributed by atoms with Gasteiger partial charge in [0.2, 0.25) is 5.91 Å². The van der Waals surface area contributed by atoms with Gasteiger partial charge >= 0.3 is 0 Å². The molecular weight excluding hydrogens is 200 g/mol. The maximum Gasteiger partial charge on any atom is 0.229 e. The number of hydrogen-bond donors (Lipinski definition) is 0. The first-order chi connectivity index (χ1) is 7.61. The largest absolute Gasteiger partial charge is 0.314 e. The average molecular weight is 216 g/mol. The van der Waals surface area contributed by atoms with E-state index in [0.29, 0.717) is 11.3 Å². The Labute approximate surface area is 96.3 Å². The van der Waals surface area contributed by atoms with Crippen molar-refractivity contribution in [2.45, 2.75) is 20.3 Å². The molecule has 0 heterocycles. The van der Waals surface area contributed by atoms with Gasteiger partial charge in [-0.05, 0) is 18.6 Å². The number of nitrogens with zero attached hydrogens (tertiary/aromatic N) is 2. The fourth-order valence-electron chi connectivity index (χ4n) is 1.48. The van der Waals surface area contributed by atoms with Crippen LogP contribution in [0.5, 0.6) is 0 Å². The molecular formula is C13H16N2O. The summed E-state index contributed by atoms with van der Waals surface area (Å²) in [5.41, 5.74) is 1.21. The van der Waals surface area contributed by atoms with E-state index in [1.54, 1.807) is 30.1 Å². The molecule has 0 saturated carbocycles. The van der Waals surface area contributed by atoms with E-state index in [0.717, 1.165) is 6.42 Å². The topological polar surface area (TPSA) is 44.1 Å². The SMILES string of the molecule is CCC(C)C(=O)N(C)c1ccccc1C#N. The van der Waals surface area contributed by atoms with Crippen LogP contribution in [0.3, 0.4) is 0 Å². The third-order valence-corrected chi connectivity index (χ3v) is 2.75. The Kier molecular flexibility index (Phi) is 4.07. The number of hydrogen-bond acceptors (Lipinski definition) is 2. The molecule has 16 heavy (non-hydrogen) atoms. The molecule has 0 aliphatic heterocycles. The van der Waals surface area contributed by atoms with Crippen LogP contribution in [-0.2, 0) is 4.79 Å². The number of carbonyl (C=O) groups is 1. The Balaban J connectivity index is 3.01. The second-order valence-electron chi connectivity index (χ2n) is 3.84. The molecule has 1 aromatic rings. The van der Waals surface area contributed by atoms with Crippen LogP contribution in [0.2, 0.25) is 0 Å². The van der Waals surface area contributed by atoms with Crippen LogP contribution in [0.4, 0.5) is 5.69 Å². The first-order valence-corrected chi connectivity index (χ1v) is 5.38. The quantitative estimate of drug-likeness (QED) is 0.779. The summed E-state index contributed by atoms with van der Waals surface area (Å²) in [5.74, 6) is 0.0296. The van der Waals surface area contributed by atoms with Gasteiger partial charge in [0.05, 0.1) is 11.3 Å². The van der Waals surface area contributed by atoms with Crippen LogP contribution in [0.25, 0.3) is 0 Å². The van der Waals surface area contributed by atoms with Crippen LogP contribution in [0.1, 0.15) is 25.8 Å². The van der Waals surface area contributed by atoms with Crippen molar-refractivity contribution < 1.29 is 4.79 Å². The molecule has 1 atom stereocenters. The molecule has 84 valence electrons. The summed E-state index contributed by atoms with van der Waals surface area (Å²) in [7, 11) is 1.71. The lowest BCUT2D eigenvalue weighted by atomic mass is 10.1. The Hall–Kier alpha value is -1.82. The zero-order valence-corrected chi connectivity index (χ0v) is 9.90. The van der Waals surface area contributed by atoms with Gasteiger partial charge in [-0.3, -0.25) is 4.79 Å². The molecule has 0 aromatic heterocycles. The van der Waals surface area contributed by atoms with Crippen molar-refractivity contribution in [3.8, 4) is 6.07 Å². The smallest absolute Gasteiger partial charge is 0.229 e. The van der Waals surface area contributed by atoms with Gasteiger partial charge in [-0.15, -0.1) is 0 Å². The van der Waals surface area contributed by atoms with Gasteiger partial charge in [0.1, 0.15) is 6.07 Å². The van der Waals surface area contributed by atoms with Crippen LogP contribution < -0.4 is 4.90 Å². The molecule has 0 bridgehead atoms. The number of carbonyl (C=O) groups excluding carboxylic acids is 1. The molecule has 0 saturated heterocycles. The number of rotatable bonds is 3. The van der Waals surface area contributed by atoms with Gasteiger partial charge in [0, 0.05) is 13.0 Å². The molecule has 1 rings (SSSR count). The van der Waals surface area contributed by atoms with E-state index in [-0.39, 0.29) is 11.8 Å². The van der Waals surface area contributed by atoms with Crippen LogP contribution in [-0.4, -0.2) is 13.0 Å². The molecule has 3 heteroatoms. The lowest BCUT2D eigenvalue weighted by molar-refractivity contribution is -0.121. The van der Waals surface area contributed by atoms with E-state index in [1.807, 2.05) is 19.9 Å². The van der Waals surface area contributed by atoms with Gasteiger partial charge in [-0.1, -0.05) is 26.0 Å². The summed E-state index contributed by atoms with van der Waals surface area (Å²) in [6, 6.07) is 9.23. The summed E-state index contributed by atoms with van der Waals surface area (Å²) >= 11 is 0. The molecule has 1 aromatic carbocycles. The van der Waals surface area contributed by atoms with E-state index < -0.39 is 0 Å². The molecule has 0 N–H and O–H groups in total. The van der Waals surface area contributed by atoms with E-state index in [2.05, 4.69) is 6.07 Å². The van der Waals surface area contributed by atoms with Gasteiger partial charge in [-0.2, -0.15) is 5.26 Å². The Morgan fingerprint density at radius 3 is 2.69 bits per heavy atom. The Morgan fingerprint density at radius 2 is 2.12 bits per heavy atom. The highest BCUT2D eigenvalue weighted by atomic mass is 16.2. The van der Waals surface area contributed by atoms with Gasteiger partial charge in [0.15, 0.2) is 0 Å². The number of amides is 1. The van der Waals surface area contributed by atoms with E-state index in [1.165, 1.54) is 0 Å². The van der Waals surface area contributed by atoms with Crippen molar-refractivity contribution in [2.75, 3.05) is 11.9 Å². The van der Waals surface area contributed by atoms with Crippen molar-refractivity contribution in [1.29, 1.82) is 5.26 Å². The molecule has 1 unspecified atom stereocenters. The minimum absolute atomic E-state index is 0.0169. The van der Waals surface area contributed by atoms with Gasteiger partial charge < -0.3 is 4.90 Å². The predicted octanol–water partition coefficient (Wildman–Crippen LogP) is 2.57. The van der Waals surface area contributed by atoms with E-state index >= 15 is 0 Å². The third-order valence-electron chi connectivity index (χ3n) is 2.75. The zero-order chi connectivity index (χ0) is 12.1. The van der Waals surface area contributed by atoms with E-state index in [4.69, 9.17) is 5.26 Å². The summed E-state index contributed by atoms with van der Waals surface area (Å²) in [6.45, 7) is 3.88. The van der Waals surface area contributed by atoms with Crippen molar-refractivity contribution in [1.82, 2.24) is 0 Å². The molecule has 1 amide bonds. The summed E-state index contributed by atoms with van der Waals surface area (Å²) in [6.07, 6.45) is 0.803. The maximum absolute atomic E-state index is 12.0. The standard InChI is InChI=1S/C13H16N2O/c1-4-10(2)13(16)15(3)12-8-6-5-7-11(12)9-14/h5-8,10H,4H2,1-3H3. The van der Waals surface area contributed by atoms with Crippen molar-refractivity contribution >= 4 is 11.6 Å². The minimum atomic E-state index is -0.0169. The first-order valence-electron chi connectivity index (χ1n) is 5.38. The summed E-state index contributed by atoms with van der Waals surface area (Å²) in [5, 5.41) is 8.96. The fraction of sp³-hybridized carbons (Fsp3) is 0.385. The molecule has 0 spiro atoms. The molecule has 0 aliphatic rings. The number of para-hydroxylation sites is 1. The summed E-state index contributed by atoms with van der Waals surface area (Å²) in [4.78, 5) is 13.5. The van der Waals surface area contributed by atoms with E-state index in [9.17, 15) is 4.79 Å². The fourth-order valence-corrected chi connectivity index (χ4v) is 1.48. The average Bonchev–Trinajstić information content (AvgIpc) is 2.35. The lowest BCUT2D eigenvalue weighted by Crippen LogP contribution is -2.31. The molecule has 3 nitrogen and oxygen atoms in total. The van der Waals surface area contributed by atoms with Crippen LogP contribution >= 0.6 is 0 Å². The second-order valence-corrected chi connectivity index (χ2v) is 3.84. The molecule has 0 aliphatic carbocycles. The third kappa shape index (κ3) is 2.40. The molecule has 0 radical (unpaired) electrons. The van der Waals surface area contributed by atoms with Crippen LogP contribution in [0, 0.1) is 17.2 Å². The predicted molar refractivity (Wildman–Crippen MR) is 64.0 cm³/mol. The first kappa shape index (κ1) is 12.3. The second kappa shape index (κ2) is 5.32. The van der Waals surface area contributed by atoms with Crippen molar-refractivity contribution in [3.63, 3.8) is 0 Å². The van der Waals surface area contributed by atoms with Crippen molar-refractivity contribution in [2.24, 2.45) is 5.92 Å². The highest BCUT2D eigenvalue weighted by Gasteiger charge is 2.18. The summed E-state index contributed by atoms with van der Waals surface area (Å²) < 4.78 is 0. The minimum Gasteiger partial charge on any atom is -0.314 e. The zero-order valence-electron chi connectivity index (χ0n) is 9.90. The lowest BCUT2D eigenvalue weighted by Gasteiger charge is -2.21. The normalized spacial score (nSPS) is 11.6. The van der Waals surface area contributed by atoms with Crippen LogP contribution in [0.15, 0.2) is 24.3 Å². The van der Waals surface area contributed by atoms with Gasteiger partial charge in [-0.25, -0.2) is 0 Å². The highest BCUT2D eigenvalue weighted by molar-refractivity contribution is 5.95. The highest BCUT2D eigenvalue weighted by Crippen LogP contribution is 2.20. The van der Waals surface area contributed by atoms with Gasteiger partial charge in [0.25, 0.3) is 0 Å². The Bertz CT molecular complexity index is 420. The maximum atomic E-state index is 12.0. The number of benzene rings is 1. The monoisotopic (exact) mass is 216 g/mol. The van der Waals surface area contributed by atoms with Crippen molar-refractivity contribution in [3.05, 3.63) is 29.8 Å².